The number of rotatable bonds is 6. The third-order valence-electron chi connectivity index (χ3n) is 6.89. The highest BCUT2D eigenvalue weighted by atomic mass is 127. The highest BCUT2D eigenvalue weighted by molar-refractivity contribution is 14.0. The van der Waals surface area contributed by atoms with Crippen LogP contribution in [0.3, 0.4) is 0 Å². The van der Waals surface area contributed by atoms with Crippen molar-refractivity contribution in [1.82, 2.24) is 15.5 Å². The Morgan fingerprint density at radius 3 is 2.33 bits per heavy atom. The van der Waals surface area contributed by atoms with Crippen LogP contribution in [-0.2, 0) is 10.2 Å². The van der Waals surface area contributed by atoms with Crippen LogP contribution >= 0.6 is 24.0 Å². The Balaban J connectivity index is 0.00000385. The Hall–Kier alpha value is -1.91. The van der Waals surface area contributed by atoms with Crippen molar-refractivity contribution in [2.45, 2.75) is 56.4 Å². The molecular weight excluding hydrogens is 535 g/mol. The minimum Gasteiger partial charge on any atom is -0.493 e. The van der Waals surface area contributed by atoms with E-state index >= 15 is 0 Å². The van der Waals surface area contributed by atoms with Gasteiger partial charge in [0.25, 0.3) is 0 Å². The van der Waals surface area contributed by atoms with Crippen molar-refractivity contribution in [1.29, 1.82) is 0 Å². The summed E-state index contributed by atoms with van der Waals surface area (Å²) in [4.78, 5) is 17.9. The van der Waals surface area contributed by atoms with Gasteiger partial charge in [-0.25, -0.2) is 4.79 Å². The molecule has 1 heterocycles. The van der Waals surface area contributed by atoms with E-state index in [1.165, 1.54) is 31.9 Å². The van der Waals surface area contributed by atoms with Gasteiger partial charge in [0.05, 0.1) is 21.3 Å². The molecule has 9 heteroatoms. The minimum atomic E-state index is -0.250. The average molecular weight is 575 g/mol. The van der Waals surface area contributed by atoms with Crippen molar-refractivity contribution < 1.29 is 19.0 Å². The Kier molecular flexibility index (Phi) is 10.9. The Labute approximate surface area is 214 Å². The summed E-state index contributed by atoms with van der Waals surface area (Å²) in [6, 6.07) is 6.59. The fourth-order valence-corrected chi connectivity index (χ4v) is 4.94. The van der Waals surface area contributed by atoms with Gasteiger partial charge in [0.1, 0.15) is 0 Å². The number of nitrogens with one attached hydrogen (secondary N) is 2. The molecule has 8 nitrogen and oxygen atoms in total. The van der Waals surface area contributed by atoms with Gasteiger partial charge >= 0.3 is 6.09 Å². The number of methoxy groups -OCH3 is 3. The molecule has 3 rings (SSSR count). The zero-order valence-corrected chi connectivity index (χ0v) is 22.6. The molecule has 2 aliphatic rings. The molecule has 0 spiro atoms. The molecule has 1 aliphatic heterocycles. The number of piperidine rings is 1. The predicted molar refractivity (Wildman–Crippen MR) is 141 cm³/mol. The molecule has 1 aliphatic carbocycles. The third kappa shape index (κ3) is 6.80. The van der Waals surface area contributed by atoms with Crippen molar-refractivity contribution in [3.05, 3.63) is 23.8 Å². The third-order valence-corrected chi connectivity index (χ3v) is 6.89. The largest absolute Gasteiger partial charge is 0.493 e. The number of amides is 1. The average Bonchev–Trinajstić information content (AvgIpc) is 2.86. The lowest BCUT2D eigenvalue weighted by Gasteiger charge is -2.39. The van der Waals surface area contributed by atoms with Gasteiger partial charge in [0.2, 0.25) is 0 Å². The summed E-state index contributed by atoms with van der Waals surface area (Å²) >= 11 is 0. The molecule has 33 heavy (non-hydrogen) atoms. The minimum absolute atomic E-state index is 0. The van der Waals surface area contributed by atoms with Crippen LogP contribution in [0, 0.1) is 0 Å². The summed E-state index contributed by atoms with van der Waals surface area (Å²) in [5, 5.41) is 7.15. The number of nitrogens with zero attached hydrogens (tertiary/aromatic N) is 2. The molecule has 0 unspecified atom stereocenters. The lowest BCUT2D eigenvalue weighted by molar-refractivity contribution is 0.111. The number of benzene rings is 1. The van der Waals surface area contributed by atoms with Crippen LogP contribution in [0.4, 0.5) is 4.79 Å². The number of aliphatic imine (C=N–C) groups is 1. The van der Waals surface area contributed by atoms with Crippen molar-refractivity contribution in [3.63, 3.8) is 0 Å². The molecule has 1 saturated heterocycles. The zero-order chi connectivity index (χ0) is 23.0. The Morgan fingerprint density at radius 2 is 1.76 bits per heavy atom. The molecule has 0 bridgehead atoms. The van der Waals surface area contributed by atoms with Gasteiger partial charge in [0, 0.05) is 38.1 Å². The highest BCUT2D eigenvalue weighted by Crippen LogP contribution is 2.42. The Morgan fingerprint density at radius 1 is 1.09 bits per heavy atom. The molecule has 0 atom stereocenters. The SMILES string of the molecule is CN=C(NCC1(c2ccc(OC)c(OC)c2)CCCCC1)NC1CCN(C(=O)OC)CC1.I. The zero-order valence-electron chi connectivity index (χ0n) is 20.3. The lowest BCUT2D eigenvalue weighted by atomic mass is 9.69. The number of hydrogen-bond donors (Lipinski definition) is 2. The maximum Gasteiger partial charge on any atom is 0.409 e. The molecule has 1 aromatic carbocycles. The summed E-state index contributed by atoms with van der Waals surface area (Å²) in [6.07, 6.45) is 7.46. The van der Waals surface area contributed by atoms with Crippen LogP contribution < -0.4 is 20.1 Å². The van der Waals surface area contributed by atoms with Crippen LogP contribution in [-0.4, -0.2) is 71.0 Å². The smallest absolute Gasteiger partial charge is 0.409 e. The standard InChI is InChI=1S/C24H38N4O4.HI/c1-25-22(27-19-10-14-28(15-11-19)23(29)32-4)26-17-24(12-6-5-7-13-24)18-8-9-20(30-2)21(16-18)31-3;/h8-9,16,19H,5-7,10-15,17H2,1-4H3,(H2,25,26,27);1H. The van der Waals surface area contributed by atoms with Crippen LogP contribution in [0.2, 0.25) is 0 Å². The van der Waals surface area contributed by atoms with Gasteiger partial charge < -0.3 is 29.7 Å². The van der Waals surface area contributed by atoms with Gasteiger partial charge in [-0.3, -0.25) is 4.99 Å². The molecule has 1 aromatic rings. The second-order valence-corrected chi connectivity index (χ2v) is 8.71. The fraction of sp³-hybridized carbons (Fsp3) is 0.667. The summed E-state index contributed by atoms with van der Waals surface area (Å²) < 4.78 is 15.8. The lowest BCUT2D eigenvalue weighted by Crippen LogP contribution is -2.52. The van der Waals surface area contributed by atoms with Crippen molar-refractivity contribution in [3.8, 4) is 11.5 Å². The summed E-state index contributed by atoms with van der Waals surface area (Å²) in [5.74, 6) is 2.34. The number of likely N-dealkylation sites (tertiary alicyclic amines) is 1. The number of halogens is 1. The molecule has 2 N–H and O–H groups in total. The van der Waals surface area contributed by atoms with E-state index in [1.807, 2.05) is 13.1 Å². The molecule has 0 radical (unpaired) electrons. The highest BCUT2D eigenvalue weighted by Gasteiger charge is 2.35. The number of carbonyl (C=O) groups excluding carboxylic acids is 1. The van der Waals surface area contributed by atoms with Gasteiger partial charge in [-0.2, -0.15) is 0 Å². The molecule has 1 saturated carbocycles. The number of carbonyl (C=O) groups is 1. The Bertz CT molecular complexity index is 791. The van der Waals surface area contributed by atoms with E-state index in [0.717, 1.165) is 49.7 Å². The van der Waals surface area contributed by atoms with E-state index in [9.17, 15) is 4.79 Å². The van der Waals surface area contributed by atoms with Crippen molar-refractivity contribution in [2.24, 2.45) is 4.99 Å². The van der Waals surface area contributed by atoms with Crippen LogP contribution in [0.15, 0.2) is 23.2 Å². The monoisotopic (exact) mass is 574 g/mol. The van der Waals surface area contributed by atoms with E-state index in [-0.39, 0.29) is 41.5 Å². The van der Waals surface area contributed by atoms with E-state index in [0.29, 0.717) is 13.1 Å². The molecule has 2 fully saturated rings. The predicted octanol–water partition coefficient (Wildman–Crippen LogP) is 3.92. The second-order valence-electron chi connectivity index (χ2n) is 8.71. The molecule has 186 valence electrons. The topological polar surface area (TPSA) is 84.4 Å². The van der Waals surface area contributed by atoms with Crippen LogP contribution in [0.5, 0.6) is 11.5 Å². The number of ether oxygens (including phenoxy) is 3. The van der Waals surface area contributed by atoms with Crippen LogP contribution in [0.1, 0.15) is 50.5 Å². The first kappa shape index (κ1) is 27.3. The van der Waals surface area contributed by atoms with E-state index < -0.39 is 0 Å². The van der Waals surface area contributed by atoms with Crippen molar-refractivity contribution >= 4 is 36.0 Å². The summed E-state index contributed by atoms with van der Waals surface area (Å²) in [6.45, 7) is 2.19. The van der Waals surface area contributed by atoms with Gasteiger partial charge in [-0.15, -0.1) is 24.0 Å². The van der Waals surface area contributed by atoms with Crippen LogP contribution in [0.25, 0.3) is 0 Å². The summed E-state index contributed by atoms with van der Waals surface area (Å²) in [5.41, 5.74) is 1.31. The normalized spacial score (nSPS) is 18.7. The number of hydrogen-bond acceptors (Lipinski definition) is 5. The molecule has 0 aromatic heterocycles. The fourth-order valence-electron chi connectivity index (χ4n) is 4.94. The first-order chi connectivity index (χ1) is 15.5. The summed E-state index contributed by atoms with van der Waals surface area (Å²) in [7, 11) is 6.59. The second kappa shape index (κ2) is 13.1. The van der Waals surface area contributed by atoms with Crippen molar-refractivity contribution in [2.75, 3.05) is 48.0 Å². The van der Waals surface area contributed by atoms with Gasteiger partial charge in [0.15, 0.2) is 17.5 Å². The number of guanidine groups is 1. The van der Waals surface area contributed by atoms with E-state index in [4.69, 9.17) is 14.2 Å². The van der Waals surface area contributed by atoms with Gasteiger partial charge in [-0.1, -0.05) is 25.3 Å². The van der Waals surface area contributed by atoms with Gasteiger partial charge in [-0.05, 0) is 43.4 Å². The van der Waals surface area contributed by atoms with E-state index in [2.05, 4.69) is 27.8 Å². The quantitative estimate of drug-likeness (QED) is 0.305. The molecular formula is C24H39IN4O4. The first-order valence-corrected chi connectivity index (χ1v) is 11.6. The maximum atomic E-state index is 11.7. The first-order valence-electron chi connectivity index (χ1n) is 11.6. The van der Waals surface area contributed by atoms with E-state index in [1.54, 1.807) is 19.1 Å². The molecule has 1 amide bonds. The maximum absolute atomic E-state index is 11.7.